The molecular weight excluding hydrogens is 340 g/mol. The minimum atomic E-state index is 0. The van der Waals surface area contributed by atoms with E-state index in [1.807, 2.05) is 37.5 Å². The van der Waals surface area contributed by atoms with Crippen LogP contribution in [-0.4, -0.2) is 5.11 Å². The Labute approximate surface area is 126 Å². The van der Waals surface area contributed by atoms with Gasteiger partial charge >= 0.3 is 22.6 Å². The molecule has 3 nitrogen and oxygen atoms in total. The summed E-state index contributed by atoms with van der Waals surface area (Å²) < 4.78 is 15.9. The van der Waals surface area contributed by atoms with E-state index in [1.54, 1.807) is 18.2 Å². The van der Waals surface area contributed by atoms with Gasteiger partial charge in [-0.15, -0.1) is 12.8 Å². The summed E-state index contributed by atoms with van der Waals surface area (Å²) in [5.74, 6) is 0.291. The number of allylic oxidation sites excluding steroid dienone is 2. The third-order valence-corrected chi connectivity index (χ3v) is 1.86. The molecule has 1 aromatic rings. The van der Waals surface area contributed by atoms with Crippen LogP contribution in [0.5, 0.6) is 5.75 Å². The van der Waals surface area contributed by atoms with Crippen LogP contribution in [0, 0.1) is 32.6 Å². The summed E-state index contributed by atoms with van der Waals surface area (Å²) in [5.41, 5.74) is 0. The van der Waals surface area contributed by atoms with Crippen LogP contribution in [-0.2, 0) is 26.4 Å². The van der Waals surface area contributed by atoms with Crippen molar-refractivity contribution >= 4 is 15.9 Å². The number of hydrogen-bond donors (Lipinski definition) is 1. The van der Waals surface area contributed by atoms with Crippen molar-refractivity contribution in [2.24, 2.45) is 0 Å². The minimum Gasteiger partial charge on any atom is -0.231 e. The van der Waals surface area contributed by atoms with Crippen molar-refractivity contribution in [2.45, 2.75) is 0 Å². The first-order valence-electron chi connectivity index (χ1n) is 4.31. The maximum Gasteiger partial charge on any atom is 0 e. The quantitative estimate of drug-likeness (QED) is 0.436. The predicted octanol–water partition coefficient (Wildman–Crippen LogP) is 3.25. The van der Waals surface area contributed by atoms with Crippen LogP contribution in [0.3, 0.4) is 0 Å². The average Bonchev–Trinajstić information content (AvgIpc) is 2.93. The van der Waals surface area contributed by atoms with Crippen molar-refractivity contribution in [1.29, 1.82) is 0 Å². The van der Waals surface area contributed by atoms with Gasteiger partial charge < -0.3 is 5.11 Å². The van der Waals surface area contributed by atoms with Crippen molar-refractivity contribution in [3.8, 4) is 5.75 Å². The molecule has 0 fully saturated rings. The fourth-order valence-corrected chi connectivity index (χ4v) is 1.18. The molecule has 1 aliphatic rings. The van der Waals surface area contributed by atoms with Gasteiger partial charge in [-0.05, 0) is 18.2 Å². The first-order chi connectivity index (χ1) is 8.29. The number of aromatic hydroxyl groups is 1. The molecule has 0 saturated heterocycles. The fourth-order valence-electron chi connectivity index (χ4n) is 0.797. The fraction of sp³-hybridized carbons (Fsp3) is 0. The maximum atomic E-state index is 8.78. The Morgan fingerprint density at radius 2 is 1.78 bits per heavy atom. The van der Waals surface area contributed by atoms with E-state index >= 15 is 0 Å². The van der Waals surface area contributed by atoms with Gasteiger partial charge in [0.2, 0.25) is 0 Å². The molecule has 0 saturated carbocycles. The molecule has 0 aromatic heterocycles. The summed E-state index contributed by atoms with van der Waals surface area (Å²) in [6, 6.07) is 6.91. The van der Waals surface area contributed by atoms with E-state index < -0.39 is 0 Å². The average molecular weight is 350 g/mol. The van der Waals surface area contributed by atoms with Crippen LogP contribution >= 0.6 is 15.9 Å². The zero-order valence-corrected chi connectivity index (χ0v) is 11.9. The Hall–Kier alpha value is -0.891. The first kappa shape index (κ1) is 22.3. The third kappa shape index (κ3) is 15.1. The van der Waals surface area contributed by atoms with E-state index in [0.29, 0.717) is 5.75 Å². The van der Waals surface area contributed by atoms with Crippen molar-refractivity contribution in [3.05, 3.63) is 73.5 Å². The molecule has 1 aliphatic carbocycles. The topological polar surface area (TPSA) is 60.0 Å². The summed E-state index contributed by atoms with van der Waals surface area (Å²) in [6.07, 6.45) is 10.0. The number of hydrogen-bond acceptors (Lipinski definition) is 1. The van der Waals surface area contributed by atoms with Crippen LogP contribution in [0.25, 0.3) is 0 Å². The number of phenols is 1. The summed E-state index contributed by atoms with van der Waals surface area (Å²) in [7, 11) is 0. The molecule has 1 aromatic carbocycles. The SMILES string of the molecule is Oc1cccc(Br)c1.[C-]#[O+].[C-]#[O+].[CH]1[CH][CH-]C=C1.[Fe]. The van der Waals surface area contributed by atoms with E-state index in [1.165, 1.54) is 0 Å². The molecular formula is C13H10BrFeO3-. The molecule has 0 amide bonds. The Morgan fingerprint density at radius 3 is 2.00 bits per heavy atom. The largest absolute Gasteiger partial charge is 0.231 e. The van der Waals surface area contributed by atoms with Crippen LogP contribution in [0.15, 0.2) is 40.9 Å². The van der Waals surface area contributed by atoms with Crippen molar-refractivity contribution in [3.63, 3.8) is 0 Å². The molecule has 0 aliphatic heterocycles. The van der Waals surface area contributed by atoms with Gasteiger partial charge in [-0.25, -0.2) is 18.6 Å². The second-order valence-electron chi connectivity index (χ2n) is 2.44. The molecule has 0 spiro atoms. The van der Waals surface area contributed by atoms with Crippen molar-refractivity contribution in [1.82, 2.24) is 0 Å². The van der Waals surface area contributed by atoms with Crippen LogP contribution in [0.1, 0.15) is 0 Å². The molecule has 2 radical (unpaired) electrons. The Balaban J connectivity index is -0.000000196. The predicted molar refractivity (Wildman–Crippen MR) is 65.7 cm³/mol. The van der Waals surface area contributed by atoms with E-state index in [4.69, 9.17) is 14.4 Å². The standard InChI is InChI=1S/C6H5BrO.C5H5.2CO.Fe/c7-5-2-1-3-6(8)4-5;1-2-4-5-3-1;2*1-2;/h1-4,8H;1-5H;;;/q;-1;;;. The summed E-state index contributed by atoms with van der Waals surface area (Å²) in [6.45, 7) is 9.00. The molecule has 0 bridgehead atoms. The van der Waals surface area contributed by atoms with Gasteiger partial charge in [0.25, 0.3) is 0 Å². The number of benzene rings is 1. The van der Waals surface area contributed by atoms with Gasteiger partial charge in [-0.2, -0.15) is 0 Å². The summed E-state index contributed by atoms with van der Waals surface area (Å²) in [4.78, 5) is 0. The van der Waals surface area contributed by atoms with Gasteiger partial charge in [0, 0.05) is 21.5 Å². The molecule has 0 atom stereocenters. The minimum absolute atomic E-state index is 0. The molecule has 1 N–H and O–H groups in total. The van der Waals surface area contributed by atoms with E-state index in [9.17, 15) is 0 Å². The molecule has 2 rings (SSSR count). The number of phenolic OH excluding ortho intramolecular Hbond substituents is 1. The zero-order valence-electron chi connectivity index (χ0n) is 9.19. The summed E-state index contributed by atoms with van der Waals surface area (Å²) in [5, 5.41) is 8.78. The Bertz CT molecular complexity index is 332. The molecule has 0 unspecified atom stereocenters. The first-order valence-corrected chi connectivity index (χ1v) is 5.10. The van der Waals surface area contributed by atoms with Crippen LogP contribution in [0.4, 0.5) is 0 Å². The molecule has 5 heteroatoms. The summed E-state index contributed by atoms with van der Waals surface area (Å²) >= 11 is 3.20. The van der Waals surface area contributed by atoms with Gasteiger partial charge in [-0.3, -0.25) is 0 Å². The van der Waals surface area contributed by atoms with Crippen molar-refractivity contribution < 1.29 is 31.5 Å². The maximum absolute atomic E-state index is 8.78. The normalized spacial score (nSPS) is 9.61. The second kappa shape index (κ2) is 18.5. The Kier molecular flexibility index (Phi) is 22.9. The van der Waals surface area contributed by atoms with Gasteiger partial charge in [0.05, 0.1) is 0 Å². The molecule has 0 heterocycles. The zero-order chi connectivity index (χ0) is 13.5. The van der Waals surface area contributed by atoms with Crippen LogP contribution in [0.2, 0.25) is 0 Å². The third-order valence-electron chi connectivity index (χ3n) is 1.36. The second-order valence-corrected chi connectivity index (χ2v) is 3.36. The van der Waals surface area contributed by atoms with Crippen molar-refractivity contribution in [2.75, 3.05) is 0 Å². The molecule has 18 heavy (non-hydrogen) atoms. The van der Waals surface area contributed by atoms with Gasteiger partial charge in [0.1, 0.15) is 5.75 Å². The van der Waals surface area contributed by atoms with Crippen LogP contribution < -0.4 is 0 Å². The molecule has 96 valence electrons. The monoisotopic (exact) mass is 349 g/mol. The van der Waals surface area contributed by atoms with E-state index in [2.05, 4.69) is 29.2 Å². The Morgan fingerprint density at radius 1 is 1.17 bits per heavy atom. The van der Waals surface area contributed by atoms with E-state index in [0.717, 1.165) is 4.47 Å². The van der Waals surface area contributed by atoms with Gasteiger partial charge in [0.15, 0.2) is 0 Å². The van der Waals surface area contributed by atoms with E-state index in [-0.39, 0.29) is 17.1 Å². The number of rotatable bonds is 0. The smallest absolute Gasteiger partial charge is 0 e. The number of halogens is 1. The van der Waals surface area contributed by atoms with Gasteiger partial charge in [-0.1, -0.05) is 22.0 Å².